The van der Waals surface area contributed by atoms with Crippen LogP contribution in [0.2, 0.25) is 0 Å². The minimum absolute atomic E-state index is 0.0465. The minimum Gasteiger partial charge on any atom is -0.533 e. The van der Waals surface area contributed by atoms with Crippen LogP contribution in [0.1, 0.15) is 5.56 Å². The zero-order valence-electron chi connectivity index (χ0n) is 6.64. The SMILES string of the molecule is [O-][O+]1CC1C=Cc1ccccc1. The van der Waals surface area contributed by atoms with E-state index in [9.17, 15) is 5.26 Å². The molecule has 0 aromatic heterocycles. The van der Waals surface area contributed by atoms with Gasteiger partial charge in [-0.05, 0) is 5.56 Å². The maximum absolute atomic E-state index is 10.5. The van der Waals surface area contributed by atoms with Crippen LogP contribution < -0.4 is 5.26 Å². The van der Waals surface area contributed by atoms with Crippen LogP contribution in [-0.2, 0) is 4.52 Å². The van der Waals surface area contributed by atoms with Crippen LogP contribution >= 0.6 is 0 Å². The van der Waals surface area contributed by atoms with Crippen molar-refractivity contribution in [2.45, 2.75) is 6.10 Å². The van der Waals surface area contributed by atoms with Crippen LogP contribution in [0.3, 0.4) is 0 Å². The Kier molecular flexibility index (Phi) is 1.94. The molecule has 1 fully saturated rings. The van der Waals surface area contributed by atoms with E-state index < -0.39 is 0 Å². The Balaban J connectivity index is 1.99. The Morgan fingerprint density at radius 3 is 2.58 bits per heavy atom. The number of benzene rings is 1. The molecule has 0 bridgehead atoms. The number of rotatable bonds is 2. The van der Waals surface area contributed by atoms with Crippen LogP contribution in [0.15, 0.2) is 36.4 Å². The van der Waals surface area contributed by atoms with E-state index in [1.165, 1.54) is 0 Å². The van der Waals surface area contributed by atoms with Gasteiger partial charge in [0.05, 0.1) is 0 Å². The van der Waals surface area contributed by atoms with Crippen LogP contribution in [0.25, 0.3) is 6.08 Å². The van der Waals surface area contributed by atoms with Crippen molar-refractivity contribution in [1.29, 1.82) is 0 Å². The molecule has 12 heavy (non-hydrogen) atoms. The molecule has 0 spiro atoms. The van der Waals surface area contributed by atoms with E-state index in [0.717, 1.165) is 5.56 Å². The van der Waals surface area contributed by atoms with Crippen molar-refractivity contribution in [1.82, 2.24) is 0 Å². The Hall–Kier alpha value is -1.12. The monoisotopic (exact) mass is 162 g/mol. The van der Waals surface area contributed by atoms with Gasteiger partial charge in [-0.25, -0.2) is 0 Å². The molecule has 2 rings (SSSR count). The summed E-state index contributed by atoms with van der Waals surface area (Å²) in [6, 6.07) is 9.96. The average Bonchev–Trinajstić information content (AvgIpc) is 2.81. The highest BCUT2D eigenvalue weighted by atomic mass is 17.3. The summed E-state index contributed by atoms with van der Waals surface area (Å²) in [5.74, 6) is 0. The number of epoxide rings is 1. The third kappa shape index (κ3) is 1.72. The van der Waals surface area contributed by atoms with Gasteiger partial charge in [0.15, 0.2) is 0 Å². The Morgan fingerprint density at radius 2 is 2.00 bits per heavy atom. The average molecular weight is 162 g/mol. The molecule has 0 saturated carbocycles. The maximum atomic E-state index is 10.5. The molecular formula is C10H10O2. The first-order chi connectivity index (χ1) is 5.86. The van der Waals surface area contributed by atoms with Crippen molar-refractivity contribution in [3.8, 4) is 0 Å². The molecule has 1 atom stereocenters. The van der Waals surface area contributed by atoms with Crippen molar-refractivity contribution >= 4 is 6.08 Å². The summed E-state index contributed by atoms with van der Waals surface area (Å²) in [5, 5.41) is 10.5. The fourth-order valence-electron chi connectivity index (χ4n) is 1.05. The molecule has 0 radical (unpaired) electrons. The van der Waals surface area contributed by atoms with Crippen LogP contribution in [0, 0.1) is 0 Å². The summed E-state index contributed by atoms with van der Waals surface area (Å²) >= 11 is 0. The molecule has 0 amide bonds. The second-order valence-corrected chi connectivity index (χ2v) is 2.86. The molecule has 1 heterocycles. The maximum Gasteiger partial charge on any atom is 0.251 e. The van der Waals surface area contributed by atoms with E-state index in [1.807, 2.05) is 42.5 Å². The van der Waals surface area contributed by atoms with Crippen LogP contribution in [-0.4, -0.2) is 12.7 Å². The Bertz CT molecular complexity index is 279. The number of hydrogen-bond acceptors (Lipinski definition) is 1. The zero-order valence-corrected chi connectivity index (χ0v) is 6.64. The summed E-state index contributed by atoms with van der Waals surface area (Å²) in [6.07, 6.45) is 3.92. The van der Waals surface area contributed by atoms with Crippen molar-refractivity contribution in [3.05, 3.63) is 42.0 Å². The molecule has 1 aromatic rings. The molecule has 1 aromatic carbocycles. The Labute approximate surface area is 71.4 Å². The summed E-state index contributed by atoms with van der Waals surface area (Å²) in [5.41, 5.74) is 1.14. The standard InChI is InChI=1S/C10H10O2/c11-12-8-10(12)7-6-9-4-2-1-3-5-9/h1-7,10H,8H2. The normalized spacial score (nSPS) is 23.2. The van der Waals surface area contributed by atoms with E-state index in [1.54, 1.807) is 4.52 Å². The quantitative estimate of drug-likeness (QED) is 0.360. The highest BCUT2D eigenvalue weighted by Gasteiger charge is 2.34. The lowest BCUT2D eigenvalue weighted by Crippen LogP contribution is -2.05. The van der Waals surface area contributed by atoms with Gasteiger partial charge in [0, 0.05) is 6.08 Å². The molecule has 1 unspecified atom stereocenters. The fourth-order valence-corrected chi connectivity index (χ4v) is 1.05. The van der Waals surface area contributed by atoms with Gasteiger partial charge >= 0.3 is 0 Å². The summed E-state index contributed by atoms with van der Waals surface area (Å²) in [7, 11) is 0. The highest BCUT2D eigenvalue weighted by Crippen LogP contribution is 2.18. The van der Waals surface area contributed by atoms with E-state index in [2.05, 4.69) is 0 Å². The Morgan fingerprint density at radius 1 is 1.33 bits per heavy atom. The van der Waals surface area contributed by atoms with Crippen molar-refractivity contribution in [3.63, 3.8) is 0 Å². The van der Waals surface area contributed by atoms with Gasteiger partial charge < -0.3 is 9.78 Å². The van der Waals surface area contributed by atoms with Gasteiger partial charge in [0.2, 0.25) is 6.61 Å². The zero-order chi connectivity index (χ0) is 8.39. The summed E-state index contributed by atoms with van der Waals surface area (Å²) in [4.78, 5) is 0. The molecule has 62 valence electrons. The summed E-state index contributed by atoms with van der Waals surface area (Å²) in [6.45, 7) is 0.573. The lowest BCUT2D eigenvalue weighted by atomic mass is 10.2. The van der Waals surface area contributed by atoms with Gasteiger partial charge in [-0.2, -0.15) is 0 Å². The van der Waals surface area contributed by atoms with Crippen LogP contribution in [0.4, 0.5) is 0 Å². The van der Waals surface area contributed by atoms with Crippen molar-refractivity contribution in [2.24, 2.45) is 0 Å². The predicted octanol–water partition coefficient (Wildman–Crippen LogP) is 0.910. The molecule has 2 nitrogen and oxygen atoms in total. The number of hydrogen-bond donors (Lipinski definition) is 0. The smallest absolute Gasteiger partial charge is 0.251 e. The first kappa shape index (κ1) is 7.53. The fraction of sp³-hybridized carbons (Fsp3) is 0.200. The van der Waals surface area contributed by atoms with Crippen LogP contribution in [0.5, 0.6) is 0 Å². The minimum atomic E-state index is 0.0465. The lowest BCUT2D eigenvalue weighted by Gasteiger charge is -1.92. The largest absolute Gasteiger partial charge is 0.533 e. The lowest BCUT2D eigenvalue weighted by molar-refractivity contribution is -0.735. The van der Waals surface area contributed by atoms with E-state index >= 15 is 0 Å². The second-order valence-electron chi connectivity index (χ2n) is 2.86. The third-order valence-corrected chi connectivity index (χ3v) is 1.85. The van der Waals surface area contributed by atoms with E-state index in [0.29, 0.717) is 6.61 Å². The molecule has 0 N–H and O–H groups in total. The first-order valence-electron chi connectivity index (χ1n) is 3.97. The van der Waals surface area contributed by atoms with Gasteiger partial charge in [-0.1, -0.05) is 36.4 Å². The third-order valence-electron chi connectivity index (χ3n) is 1.85. The van der Waals surface area contributed by atoms with Gasteiger partial charge in [-0.15, -0.1) is 0 Å². The molecule has 0 aliphatic carbocycles. The topological polar surface area (TPSA) is 25.8 Å². The van der Waals surface area contributed by atoms with E-state index in [4.69, 9.17) is 0 Å². The van der Waals surface area contributed by atoms with Gasteiger partial charge in [0.25, 0.3) is 6.10 Å². The highest BCUT2D eigenvalue weighted by molar-refractivity contribution is 5.49. The van der Waals surface area contributed by atoms with E-state index in [-0.39, 0.29) is 6.10 Å². The second kappa shape index (κ2) is 3.09. The van der Waals surface area contributed by atoms with Gasteiger partial charge in [-0.3, -0.25) is 0 Å². The van der Waals surface area contributed by atoms with Crippen molar-refractivity contribution in [2.75, 3.05) is 6.61 Å². The molecule has 2 heteroatoms. The first-order valence-corrected chi connectivity index (χ1v) is 3.97. The predicted molar refractivity (Wildman–Crippen MR) is 45.2 cm³/mol. The molecule has 1 aliphatic rings. The summed E-state index contributed by atoms with van der Waals surface area (Å²) < 4.78 is 1.75. The molecule has 1 saturated heterocycles. The van der Waals surface area contributed by atoms with Gasteiger partial charge in [0.1, 0.15) is 0 Å². The van der Waals surface area contributed by atoms with Crippen molar-refractivity contribution < 1.29 is 9.78 Å². The molecule has 1 aliphatic heterocycles. The molecular weight excluding hydrogens is 152 g/mol.